The molecule has 1 heterocycles. The quantitative estimate of drug-likeness (QED) is 0.509. The number of amides is 2. The number of ether oxygens (including phenoxy) is 2. The lowest BCUT2D eigenvalue weighted by atomic mass is 9.85. The highest BCUT2D eigenvalue weighted by molar-refractivity contribution is 6.06. The zero-order chi connectivity index (χ0) is 17.7. The number of fused-ring (bicyclic) bond motifs is 5. The summed E-state index contributed by atoms with van der Waals surface area (Å²) in [5.41, 5.74) is 0.547. The number of allylic oxidation sites excluding steroid dienone is 2. The van der Waals surface area contributed by atoms with E-state index in [-0.39, 0.29) is 52.7 Å². The molecule has 4 atom stereocenters. The van der Waals surface area contributed by atoms with Crippen molar-refractivity contribution in [2.75, 3.05) is 14.2 Å². The standard InChI is InChI=1S/C18H18N2O5/c1-24-12-5-9(6-13(25-2)16(12)21)8-19-20-17(22)14-10-3-4-11(7-10)15(14)18(20)23/h3-6,8,10-11,14-15,21H,7H2,1-2H3/b19-8+. The summed E-state index contributed by atoms with van der Waals surface area (Å²) in [6.07, 6.45) is 6.37. The fourth-order valence-corrected chi connectivity index (χ4v) is 4.11. The molecule has 2 fully saturated rings. The normalized spacial score (nSPS) is 29.8. The van der Waals surface area contributed by atoms with Crippen LogP contribution in [0.15, 0.2) is 29.4 Å². The average Bonchev–Trinajstić information content (AvgIpc) is 3.29. The van der Waals surface area contributed by atoms with Crippen molar-refractivity contribution in [2.45, 2.75) is 6.42 Å². The molecule has 7 nitrogen and oxygen atoms in total. The zero-order valence-corrected chi connectivity index (χ0v) is 13.9. The number of benzene rings is 1. The minimum absolute atomic E-state index is 0.118. The van der Waals surface area contributed by atoms with Crippen molar-refractivity contribution >= 4 is 18.0 Å². The molecule has 1 aromatic carbocycles. The first kappa shape index (κ1) is 15.7. The molecule has 4 rings (SSSR count). The molecular weight excluding hydrogens is 324 g/mol. The molecule has 1 saturated carbocycles. The molecule has 25 heavy (non-hydrogen) atoms. The first-order chi connectivity index (χ1) is 12.0. The zero-order valence-electron chi connectivity index (χ0n) is 13.9. The van der Waals surface area contributed by atoms with Crippen molar-refractivity contribution in [3.63, 3.8) is 0 Å². The number of nitrogens with zero attached hydrogens (tertiary/aromatic N) is 2. The van der Waals surface area contributed by atoms with E-state index in [0.717, 1.165) is 11.4 Å². The van der Waals surface area contributed by atoms with Gasteiger partial charge in [0, 0.05) is 5.56 Å². The predicted molar refractivity (Wildman–Crippen MR) is 88.4 cm³/mol. The maximum Gasteiger partial charge on any atom is 0.254 e. The number of carbonyl (C=O) groups is 2. The van der Waals surface area contributed by atoms with E-state index in [9.17, 15) is 14.7 Å². The monoisotopic (exact) mass is 342 g/mol. The van der Waals surface area contributed by atoms with Gasteiger partial charge >= 0.3 is 0 Å². The summed E-state index contributed by atoms with van der Waals surface area (Å²) in [6.45, 7) is 0. The van der Waals surface area contributed by atoms with Crippen LogP contribution in [0.4, 0.5) is 0 Å². The highest BCUT2D eigenvalue weighted by atomic mass is 16.5. The van der Waals surface area contributed by atoms with Crippen molar-refractivity contribution in [3.8, 4) is 17.2 Å². The SMILES string of the molecule is COc1cc(/C=N/N2C(=O)C3C4C=CC(C4)C3C2=O)cc(OC)c1O. The smallest absolute Gasteiger partial charge is 0.254 e. The van der Waals surface area contributed by atoms with Crippen molar-refractivity contribution in [3.05, 3.63) is 29.8 Å². The van der Waals surface area contributed by atoms with E-state index in [4.69, 9.17) is 9.47 Å². The van der Waals surface area contributed by atoms with Crippen LogP contribution in [0.25, 0.3) is 0 Å². The molecule has 2 aliphatic carbocycles. The summed E-state index contributed by atoms with van der Waals surface area (Å²) < 4.78 is 10.2. The lowest BCUT2D eigenvalue weighted by Crippen LogP contribution is -2.28. The predicted octanol–water partition coefficient (Wildman–Crippen LogP) is 1.55. The van der Waals surface area contributed by atoms with Crippen LogP contribution in [0.1, 0.15) is 12.0 Å². The van der Waals surface area contributed by atoms with Crippen molar-refractivity contribution in [1.82, 2.24) is 5.01 Å². The third kappa shape index (κ3) is 2.22. The molecule has 3 aliphatic rings. The van der Waals surface area contributed by atoms with Gasteiger partial charge in [0.05, 0.1) is 32.3 Å². The largest absolute Gasteiger partial charge is 0.502 e. The topological polar surface area (TPSA) is 88.4 Å². The second kappa shape index (κ2) is 5.61. The van der Waals surface area contributed by atoms with Gasteiger partial charge in [-0.05, 0) is 30.4 Å². The Labute approximate surface area is 144 Å². The van der Waals surface area contributed by atoms with Crippen LogP contribution >= 0.6 is 0 Å². The Bertz CT molecular complexity index is 761. The van der Waals surface area contributed by atoms with Crippen molar-refractivity contribution in [1.29, 1.82) is 0 Å². The van der Waals surface area contributed by atoms with Gasteiger partial charge in [0.25, 0.3) is 11.8 Å². The van der Waals surface area contributed by atoms with E-state index in [1.807, 2.05) is 12.2 Å². The van der Waals surface area contributed by atoms with Gasteiger partial charge in [-0.1, -0.05) is 12.2 Å². The maximum absolute atomic E-state index is 12.6. The Hall–Kier alpha value is -2.83. The minimum atomic E-state index is -0.274. The molecule has 1 aliphatic heterocycles. The molecule has 0 spiro atoms. The average molecular weight is 342 g/mol. The van der Waals surface area contributed by atoms with Gasteiger partial charge in [0.2, 0.25) is 5.75 Å². The van der Waals surface area contributed by atoms with Crippen LogP contribution < -0.4 is 9.47 Å². The highest BCUT2D eigenvalue weighted by Gasteiger charge is 2.59. The second-order valence-electron chi connectivity index (χ2n) is 6.51. The molecule has 0 aromatic heterocycles. The Balaban J connectivity index is 1.61. The maximum atomic E-state index is 12.6. The number of rotatable bonds is 4. The third-order valence-electron chi connectivity index (χ3n) is 5.27. The number of phenolic OH excluding ortho intramolecular Hbond substituents is 1. The van der Waals surface area contributed by atoms with Gasteiger partial charge in [-0.2, -0.15) is 10.1 Å². The van der Waals surface area contributed by atoms with Crippen LogP contribution in [0.3, 0.4) is 0 Å². The minimum Gasteiger partial charge on any atom is -0.502 e. The fourth-order valence-electron chi connectivity index (χ4n) is 4.11. The number of aromatic hydroxyl groups is 1. The van der Waals surface area contributed by atoms with Gasteiger partial charge in [-0.25, -0.2) is 0 Å². The summed E-state index contributed by atoms with van der Waals surface area (Å²) in [7, 11) is 2.85. The lowest BCUT2D eigenvalue weighted by Gasteiger charge is -2.13. The Morgan fingerprint density at radius 3 is 2.08 bits per heavy atom. The number of hydrogen-bond acceptors (Lipinski definition) is 6. The summed E-state index contributed by atoms with van der Waals surface area (Å²) in [5.74, 6) is -0.389. The number of hydrogen-bond donors (Lipinski definition) is 1. The van der Waals surface area contributed by atoms with Crippen LogP contribution in [0, 0.1) is 23.7 Å². The molecule has 2 bridgehead atoms. The van der Waals surface area contributed by atoms with E-state index in [1.54, 1.807) is 12.1 Å². The van der Waals surface area contributed by atoms with Crippen LogP contribution in [-0.2, 0) is 9.59 Å². The summed E-state index contributed by atoms with van der Waals surface area (Å²) in [4.78, 5) is 25.2. The molecular formula is C18H18N2O5. The third-order valence-corrected chi connectivity index (χ3v) is 5.27. The molecule has 1 saturated heterocycles. The first-order valence-electron chi connectivity index (χ1n) is 8.10. The lowest BCUT2D eigenvalue weighted by molar-refractivity contribution is -0.140. The van der Waals surface area contributed by atoms with Crippen LogP contribution in [0.2, 0.25) is 0 Å². The molecule has 0 radical (unpaired) electrons. The highest BCUT2D eigenvalue weighted by Crippen LogP contribution is 2.52. The van der Waals surface area contributed by atoms with E-state index >= 15 is 0 Å². The van der Waals surface area contributed by atoms with Gasteiger partial charge in [0.15, 0.2) is 11.5 Å². The van der Waals surface area contributed by atoms with Gasteiger partial charge < -0.3 is 14.6 Å². The van der Waals surface area contributed by atoms with Gasteiger partial charge in [-0.15, -0.1) is 0 Å². The molecule has 1 N–H and O–H groups in total. The van der Waals surface area contributed by atoms with Crippen LogP contribution in [0.5, 0.6) is 17.2 Å². The Morgan fingerprint density at radius 2 is 1.60 bits per heavy atom. The van der Waals surface area contributed by atoms with Crippen molar-refractivity contribution in [2.24, 2.45) is 28.8 Å². The summed E-state index contributed by atoms with van der Waals surface area (Å²) >= 11 is 0. The molecule has 130 valence electrons. The van der Waals surface area contributed by atoms with E-state index < -0.39 is 0 Å². The Morgan fingerprint density at radius 1 is 1.08 bits per heavy atom. The number of carbonyl (C=O) groups excluding carboxylic acids is 2. The summed E-state index contributed by atoms with van der Waals surface area (Å²) in [5, 5.41) is 15.0. The van der Waals surface area contributed by atoms with Gasteiger partial charge in [0.1, 0.15) is 0 Å². The van der Waals surface area contributed by atoms with E-state index in [1.165, 1.54) is 20.4 Å². The molecule has 4 unspecified atom stereocenters. The summed E-state index contributed by atoms with van der Waals surface area (Å²) in [6, 6.07) is 3.11. The molecule has 7 heteroatoms. The number of methoxy groups -OCH3 is 2. The Kier molecular flexibility index (Phi) is 3.52. The molecule has 1 aromatic rings. The number of hydrazone groups is 1. The fraction of sp³-hybridized carbons (Fsp3) is 0.389. The molecule has 2 amide bonds. The second-order valence-corrected chi connectivity index (χ2v) is 6.51. The van der Waals surface area contributed by atoms with E-state index in [2.05, 4.69) is 5.10 Å². The first-order valence-corrected chi connectivity index (χ1v) is 8.10. The van der Waals surface area contributed by atoms with Crippen molar-refractivity contribution < 1.29 is 24.2 Å². The number of phenols is 1. The number of imide groups is 1. The van der Waals surface area contributed by atoms with Gasteiger partial charge in [-0.3, -0.25) is 9.59 Å². The van der Waals surface area contributed by atoms with Crippen LogP contribution in [-0.4, -0.2) is 42.4 Å². The van der Waals surface area contributed by atoms with E-state index in [0.29, 0.717) is 5.56 Å².